The third kappa shape index (κ3) is 9.89. The molecule has 0 aliphatic rings. The maximum absolute atomic E-state index is 13.6. The molecule has 0 aliphatic heterocycles. The number of sulfonamides is 1. The molecule has 0 unspecified atom stereocenters. The monoisotopic (exact) mass is 599 g/mol. The van der Waals surface area contributed by atoms with Gasteiger partial charge < -0.3 is 15.0 Å². The van der Waals surface area contributed by atoms with E-state index in [1.54, 1.807) is 42.5 Å². The van der Waals surface area contributed by atoms with Gasteiger partial charge in [0.15, 0.2) is 0 Å². The predicted octanol–water partition coefficient (Wildman–Crippen LogP) is 5.66. The molecule has 11 heteroatoms. The van der Waals surface area contributed by atoms with Crippen LogP contribution in [-0.2, 0) is 26.2 Å². The molecular weight excluding hydrogens is 561 g/mol. The summed E-state index contributed by atoms with van der Waals surface area (Å²) in [6, 6.07) is 11.1. The van der Waals surface area contributed by atoms with E-state index in [1.165, 1.54) is 9.21 Å². The van der Waals surface area contributed by atoms with Crippen molar-refractivity contribution >= 4 is 50.7 Å². The number of benzene rings is 2. The average molecular weight is 601 g/mol. The number of carbonyl (C=O) groups excluding carboxylic acids is 2. The second-order valence-corrected chi connectivity index (χ2v) is 11.9. The Balaban J connectivity index is 2.24. The molecule has 0 saturated carbocycles. The van der Waals surface area contributed by atoms with Crippen molar-refractivity contribution < 1.29 is 22.7 Å². The number of hydrogen-bond donors (Lipinski definition) is 1. The van der Waals surface area contributed by atoms with Gasteiger partial charge in [0.2, 0.25) is 21.8 Å². The van der Waals surface area contributed by atoms with E-state index in [1.807, 2.05) is 20.8 Å². The molecule has 0 radical (unpaired) electrons. The molecule has 39 heavy (non-hydrogen) atoms. The van der Waals surface area contributed by atoms with Gasteiger partial charge >= 0.3 is 0 Å². The molecule has 216 valence electrons. The van der Waals surface area contributed by atoms with Crippen LogP contribution in [0.1, 0.15) is 58.4 Å². The minimum absolute atomic E-state index is 0.0316. The van der Waals surface area contributed by atoms with Crippen LogP contribution in [0.4, 0.5) is 5.69 Å². The highest BCUT2D eigenvalue weighted by Gasteiger charge is 2.29. The quantitative estimate of drug-likeness (QED) is 0.251. The molecule has 0 bridgehead atoms. The first-order valence-electron chi connectivity index (χ1n) is 13.2. The van der Waals surface area contributed by atoms with Gasteiger partial charge in [-0.15, -0.1) is 0 Å². The van der Waals surface area contributed by atoms with Crippen molar-refractivity contribution in [1.82, 2.24) is 10.2 Å². The summed E-state index contributed by atoms with van der Waals surface area (Å²) in [5, 5.41) is 3.72. The third-order valence-electron chi connectivity index (χ3n) is 6.19. The van der Waals surface area contributed by atoms with E-state index < -0.39 is 16.1 Å². The van der Waals surface area contributed by atoms with E-state index >= 15 is 0 Å². The van der Waals surface area contributed by atoms with Crippen LogP contribution in [0, 0.1) is 0 Å². The Morgan fingerprint density at radius 1 is 1.00 bits per heavy atom. The third-order valence-corrected chi connectivity index (χ3v) is 8.10. The van der Waals surface area contributed by atoms with Gasteiger partial charge in [-0.2, -0.15) is 0 Å². The summed E-state index contributed by atoms with van der Waals surface area (Å²) in [5.74, 6) is 0.111. The fourth-order valence-electron chi connectivity index (χ4n) is 4.16. The number of ether oxygens (including phenoxy) is 1. The van der Waals surface area contributed by atoms with E-state index in [9.17, 15) is 18.0 Å². The molecular formula is C28H39Cl2N3O5S. The largest absolute Gasteiger partial charge is 0.494 e. The van der Waals surface area contributed by atoms with Crippen molar-refractivity contribution in [3.05, 3.63) is 58.1 Å². The fourth-order valence-corrected chi connectivity index (χ4v) is 5.64. The number of rotatable bonds is 16. The lowest BCUT2D eigenvalue weighted by Gasteiger charge is -2.31. The number of hydrogen-bond acceptors (Lipinski definition) is 5. The molecule has 2 aromatic carbocycles. The van der Waals surface area contributed by atoms with Crippen LogP contribution >= 0.6 is 23.2 Å². The minimum Gasteiger partial charge on any atom is -0.494 e. The van der Waals surface area contributed by atoms with Crippen molar-refractivity contribution in [3.8, 4) is 5.75 Å². The lowest BCUT2D eigenvalue weighted by molar-refractivity contribution is -0.141. The Kier molecular flexibility index (Phi) is 13.4. The van der Waals surface area contributed by atoms with Crippen LogP contribution in [0.2, 0.25) is 10.0 Å². The first kappa shape index (κ1) is 32.7. The highest BCUT2D eigenvalue weighted by Crippen LogP contribution is 2.28. The zero-order chi connectivity index (χ0) is 29.0. The maximum atomic E-state index is 13.6. The van der Waals surface area contributed by atoms with Gasteiger partial charge in [-0.05, 0) is 62.6 Å². The summed E-state index contributed by atoms with van der Waals surface area (Å²) >= 11 is 12.8. The fraction of sp³-hybridized carbons (Fsp3) is 0.500. The molecule has 0 spiro atoms. The van der Waals surface area contributed by atoms with Crippen molar-refractivity contribution in [2.75, 3.05) is 30.3 Å². The lowest BCUT2D eigenvalue weighted by atomic mass is 10.1. The van der Waals surface area contributed by atoms with Crippen LogP contribution in [0.15, 0.2) is 42.5 Å². The van der Waals surface area contributed by atoms with Crippen molar-refractivity contribution in [2.24, 2.45) is 0 Å². The summed E-state index contributed by atoms with van der Waals surface area (Å²) in [6.07, 6.45) is 3.57. The van der Waals surface area contributed by atoms with Gasteiger partial charge in [-0.3, -0.25) is 13.9 Å². The maximum Gasteiger partial charge on any atom is 0.242 e. The molecule has 0 saturated heterocycles. The SMILES string of the molecule is CCCCNC(=O)[C@@H](CC)N(Cc1c(Cl)cccc1Cl)C(=O)CCCN(c1ccc(OCC)cc1)S(C)(=O)=O. The van der Waals surface area contributed by atoms with Gasteiger partial charge in [0.1, 0.15) is 11.8 Å². The first-order valence-corrected chi connectivity index (χ1v) is 15.8. The molecule has 2 amide bonds. The number of carbonyl (C=O) groups is 2. The van der Waals surface area contributed by atoms with Crippen LogP contribution < -0.4 is 14.4 Å². The molecule has 8 nitrogen and oxygen atoms in total. The molecule has 0 aliphatic carbocycles. The number of nitrogens with one attached hydrogen (secondary N) is 1. The Bertz CT molecular complexity index is 1170. The minimum atomic E-state index is -3.60. The zero-order valence-electron chi connectivity index (χ0n) is 23.1. The van der Waals surface area contributed by atoms with Crippen LogP contribution in [0.3, 0.4) is 0 Å². The Labute approximate surface area is 242 Å². The zero-order valence-corrected chi connectivity index (χ0v) is 25.4. The van der Waals surface area contributed by atoms with E-state index in [0.717, 1.165) is 19.1 Å². The van der Waals surface area contributed by atoms with Gasteiger partial charge in [0.05, 0.1) is 18.6 Å². The molecule has 0 aromatic heterocycles. The number of amides is 2. The highest BCUT2D eigenvalue weighted by atomic mass is 35.5. The van der Waals surface area contributed by atoms with Crippen molar-refractivity contribution in [2.45, 2.75) is 65.5 Å². The van der Waals surface area contributed by atoms with E-state index in [0.29, 0.717) is 46.6 Å². The molecule has 0 fully saturated rings. The summed E-state index contributed by atoms with van der Waals surface area (Å²) in [7, 11) is -3.60. The Hall–Kier alpha value is -2.49. The van der Waals surface area contributed by atoms with Gasteiger partial charge in [0, 0.05) is 41.7 Å². The normalized spacial score (nSPS) is 12.1. The average Bonchev–Trinajstić information content (AvgIpc) is 2.88. The standard InChI is InChI=1S/C28H39Cl2N3O5S/c1-5-8-18-31-28(35)26(6-2)32(20-23-24(29)11-9-12-25(23)30)27(34)13-10-19-33(39(4,36)37)21-14-16-22(17-15-21)38-7-3/h9,11-12,14-17,26H,5-8,10,13,18-20H2,1-4H3,(H,31,35)/t26-/m1/s1. The summed E-state index contributed by atoms with van der Waals surface area (Å²) in [4.78, 5) is 28.1. The summed E-state index contributed by atoms with van der Waals surface area (Å²) in [6.45, 7) is 6.93. The van der Waals surface area contributed by atoms with Crippen LogP contribution in [0.5, 0.6) is 5.75 Å². The Morgan fingerprint density at radius 3 is 2.18 bits per heavy atom. The summed E-state index contributed by atoms with van der Waals surface area (Å²) in [5.41, 5.74) is 1.04. The second-order valence-electron chi connectivity index (χ2n) is 9.16. The molecule has 1 N–H and O–H groups in total. The van der Waals surface area contributed by atoms with Gasteiger partial charge in [0.25, 0.3) is 0 Å². The highest BCUT2D eigenvalue weighted by molar-refractivity contribution is 7.92. The van der Waals surface area contributed by atoms with Crippen molar-refractivity contribution in [1.29, 1.82) is 0 Å². The first-order chi connectivity index (χ1) is 18.5. The molecule has 0 heterocycles. The lowest BCUT2D eigenvalue weighted by Crippen LogP contribution is -2.49. The number of nitrogens with zero attached hydrogens (tertiary/aromatic N) is 2. The number of halogens is 2. The molecule has 2 aromatic rings. The smallest absolute Gasteiger partial charge is 0.242 e. The number of anilines is 1. The van der Waals surface area contributed by atoms with E-state index in [4.69, 9.17) is 27.9 Å². The summed E-state index contributed by atoms with van der Waals surface area (Å²) < 4.78 is 31.8. The van der Waals surface area contributed by atoms with E-state index in [-0.39, 0.29) is 37.7 Å². The number of unbranched alkanes of at least 4 members (excludes halogenated alkanes) is 1. The van der Waals surface area contributed by atoms with Gasteiger partial charge in [-0.1, -0.05) is 49.5 Å². The van der Waals surface area contributed by atoms with Crippen LogP contribution in [0.25, 0.3) is 0 Å². The molecule has 1 atom stereocenters. The van der Waals surface area contributed by atoms with E-state index in [2.05, 4.69) is 5.32 Å². The molecule has 2 rings (SSSR count). The van der Waals surface area contributed by atoms with Crippen LogP contribution in [-0.4, -0.2) is 57.1 Å². The van der Waals surface area contributed by atoms with Gasteiger partial charge in [-0.25, -0.2) is 8.42 Å². The second kappa shape index (κ2) is 15.9. The predicted molar refractivity (Wildman–Crippen MR) is 158 cm³/mol. The van der Waals surface area contributed by atoms with Crippen molar-refractivity contribution in [3.63, 3.8) is 0 Å². The Morgan fingerprint density at radius 2 is 1.64 bits per heavy atom. The topological polar surface area (TPSA) is 96.0 Å².